The first-order valence-electron chi connectivity index (χ1n) is 6.30. The predicted molar refractivity (Wildman–Crippen MR) is 87.2 cm³/mol. The number of hydrogen-bond acceptors (Lipinski definition) is 4. The van der Waals surface area contributed by atoms with E-state index in [9.17, 15) is 4.79 Å². The zero-order valence-corrected chi connectivity index (χ0v) is 15.3. The fourth-order valence-electron chi connectivity index (χ4n) is 2.46. The summed E-state index contributed by atoms with van der Waals surface area (Å²) in [5.41, 5.74) is 0.788. The second kappa shape index (κ2) is 6.35. The number of ketones is 1. The number of carbonyl (C=O) groups excluding carboxylic acids is 1. The second-order valence-corrected chi connectivity index (χ2v) is 8.97. The van der Waals surface area contributed by atoms with Gasteiger partial charge in [0, 0.05) is 30.7 Å². The van der Waals surface area contributed by atoms with Crippen molar-refractivity contribution < 1.29 is 4.79 Å². The van der Waals surface area contributed by atoms with Gasteiger partial charge in [-0.3, -0.25) is 14.6 Å². The largest absolute Gasteiger partial charge is 0.298 e. The fraction of sp³-hybridized carbons (Fsp3) is 0.615. The zero-order valence-electron chi connectivity index (χ0n) is 11.3. The van der Waals surface area contributed by atoms with E-state index in [1.165, 1.54) is 0 Å². The normalized spacial score (nSPS) is 25.7. The number of halogens is 2. The lowest BCUT2D eigenvalue weighted by atomic mass is 10.1. The van der Waals surface area contributed by atoms with Crippen LogP contribution in [0.1, 0.15) is 24.2 Å². The molecule has 2 heterocycles. The van der Waals surface area contributed by atoms with Crippen LogP contribution < -0.4 is 0 Å². The van der Waals surface area contributed by atoms with Crippen molar-refractivity contribution in [2.45, 2.75) is 25.9 Å². The molecule has 1 aromatic rings. The zero-order chi connectivity index (χ0) is 14.2. The van der Waals surface area contributed by atoms with E-state index in [2.05, 4.69) is 62.6 Å². The van der Waals surface area contributed by atoms with Gasteiger partial charge in [0.05, 0.1) is 14.1 Å². The lowest BCUT2D eigenvalue weighted by Crippen LogP contribution is -2.55. The van der Waals surface area contributed by atoms with Crippen LogP contribution in [0.4, 0.5) is 0 Å². The Labute approximate surface area is 135 Å². The maximum atomic E-state index is 12.3. The maximum absolute atomic E-state index is 12.3. The Hall–Kier alpha value is 0.250. The van der Waals surface area contributed by atoms with Gasteiger partial charge in [0.15, 0.2) is 5.78 Å². The number of piperazine rings is 1. The molecule has 1 aromatic heterocycles. The quantitative estimate of drug-likeness (QED) is 0.714. The highest BCUT2D eigenvalue weighted by Gasteiger charge is 2.28. The van der Waals surface area contributed by atoms with Gasteiger partial charge < -0.3 is 0 Å². The monoisotopic (exact) mass is 408 g/mol. The molecular weight excluding hydrogens is 392 g/mol. The number of hydrogen-bond donors (Lipinski definition) is 0. The van der Waals surface area contributed by atoms with Crippen molar-refractivity contribution in [2.24, 2.45) is 0 Å². The molecule has 0 bridgehead atoms. The molecule has 1 fully saturated rings. The third-order valence-electron chi connectivity index (χ3n) is 3.76. The smallest absolute Gasteiger partial charge is 0.178 e. The predicted octanol–water partition coefficient (Wildman–Crippen LogP) is 3.48. The van der Waals surface area contributed by atoms with Crippen LogP contribution in [0.15, 0.2) is 13.6 Å². The Kier molecular flexibility index (Phi) is 5.22. The van der Waals surface area contributed by atoms with Crippen LogP contribution in [-0.2, 0) is 0 Å². The summed E-state index contributed by atoms with van der Waals surface area (Å²) in [5.74, 6) is 0.192. The van der Waals surface area contributed by atoms with Gasteiger partial charge in [-0.15, -0.1) is 11.3 Å². The minimum Gasteiger partial charge on any atom is -0.298 e. The van der Waals surface area contributed by atoms with Crippen LogP contribution in [0.25, 0.3) is 0 Å². The average molecular weight is 410 g/mol. The summed E-state index contributed by atoms with van der Waals surface area (Å²) in [5, 5.41) is 0. The SMILES string of the molecule is CC1CN(CC(=O)c2cc(Br)sc2Br)CC(C)N1C. The van der Waals surface area contributed by atoms with Gasteiger partial charge in [0.1, 0.15) is 0 Å². The van der Waals surface area contributed by atoms with Crippen LogP contribution in [0.3, 0.4) is 0 Å². The number of likely N-dealkylation sites (N-methyl/N-ethyl adjacent to an activating group) is 1. The molecule has 2 unspecified atom stereocenters. The Morgan fingerprint density at radius 3 is 2.42 bits per heavy atom. The van der Waals surface area contributed by atoms with E-state index in [0.717, 1.165) is 26.2 Å². The molecule has 6 heteroatoms. The molecule has 2 rings (SSSR count). The summed E-state index contributed by atoms with van der Waals surface area (Å²) in [6.07, 6.45) is 0. The first-order valence-corrected chi connectivity index (χ1v) is 8.71. The van der Waals surface area contributed by atoms with Crippen molar-refractivity contribution in [1.29, 1.82) is 0 Å². The highest BCUT2D eigenvalue weighted by atomic mass is 79.9. The molecule has 0 aromatic carbocycles. The second-order valence-electron chi connectivity index (χ2n) is 5.22. The Morgan fingerprint density at radius 2 is 1.95 bits per heavy atom. The maximum Gasteiger partial charge on any atom is 0.178 e. The summed E-state index contributed by atoms with van der Waals surface area (Å²) in [6.45, 7) is 6.84. The third kappa shape index (κ3) is 3.67. The number of Topliss-reactive ketones (excluding diaryl/α,β-unsaturated/α-hetero) is 1. The van der Waals surface area contributed by atoms with E-state index in [1.807, 2.05) is 6.07 Å². The highest BCUT2D eigenvalue weighted by Crippen LogP contribution is 2.32. The van der Waals surface area contributed by atoms with Crippen molar-refractivity contribution in [1.82, 2.24) is 9.80 Å². The van der Waals surface area contributed by atoms with Crippen LogP contribution in [0.2, 0.25) is 0 Å². The summed E-state index contributed by atoms with van der Waals surface area (Å²) < 4.78 is 1.91. The molecule has 3 nitrogen and oxygen atoms in total. The molecule has 0 amide bonds. The molecule has 0 aliphatic carbocycles. The molecule has 0 spiro atoms. The number of thiophene rings is 1. The van der Waals surface area contributed by atoms with Gasteiger partial charge in [0.2, 0.25) is 0 Å². The molecule has 0 saturated carbocycles. The van der Waals surface area contributed by atoms with Crippen LogP contribution in [0, 0.1) is 0 Å². The van der Waals surface area contributed by atoms with Gasteiger partial charge in [-0.1, -0.05) is 0 Å². The van der Waals surface area contributed by atoms with Gasteiger partial charge in [-0.25, -0.2) is 0 Å². The Morgan fingerprint density at radius 1 is 1.37 bits per heavy atom. The summed E-state index contributed by atoms with van der Waals surface area (Å²) in [4.78, 5) is 17.0. The van der Waals surface area contributed by atoms with Crippen LogP contribution in [-0.4, -0.2) is 54.3 Å². The summed E-state index contributed by atoms with van der Waals surface area (Å²) in [7, 11) is 2.15. The standard InChI is InChI=1S/C13H18Br2N2OS/c1-8-5-17(6-9(2)16(8)3)7-11(18)10-4-12(14)19-13(10)15/h4,8-9H,5-7H2,1-3H3. The number of rotatable bonds is 3. The first-order chi connectivity index (χ1) is 8.88. The van der Waals surface area contributed by atoms with Crippen molar-refractivity contribution in [2.75, 3.05) is 26.7 Å². The van der Waals surface area contributed by atoms with Crippen molar-refractivity contribution in [3.05, 3.63) is 19.2 Å². The number of carbonyl (C=O) groups is 1. The van der Waals surface area contributed by atoms with Crippen molar-refractivity contribution in [3.8, 4) is 0 Å². The molecule has 2 atom stereocenters. The average Bonchev–Trinajstić information content (AvgIpc) is 2.65. The van der Waals surface area contributed by atoms with E-state index >= 15 is 0 Å². The molecule has 0 N–H and O–H groups in total. The Balaban J connectivity index is 2.02. The van der Waals surface area contributed by atoms with Gasteiger partial charge in [-0.05, 0) is 58.8 Å². The topological polar surface area (TPSA) is 23.6 Å². The lowest BCUT2D eigenvalue weighted by molar-refractivity contribution is 0.0549. The van der Waals surface area contributed by atoms with Crippen molar-refractivity contribution in [3.63, 3.8) is 0 Å². The summed E-state index contributed by atoms with van der Waals surface area (Å²) in [6, 6.07) is 2.89. The third-order valence-corrected chi connectivity index (χ3v) is 6.10. The minimum absolute atomic E-state index is 0.192. The highest BCUT2D eigenvalue weighted by molar-refractivity contribution is 9.12. The van der Waals surface area contributed by atoms with E-state index in [1.54, 1.807) is 11.3 Å². The van der Waals surface area contributed by atoms with E-state index in [4.69, 9.17) is 0 Å². The van der Waals surface area contributed by atoms with Gasteiger partial charge >= 0.3 is 0 Å². The Bertz CT molecular complexity index is 465. The van der Waals surface area contributed by atoms with Crippen LogP contribution in [0.5, 0.6) is 0 Å². The van der Waals surface area contributed by atoms with Gasteiger partial charge in [-0.2, -0.15) is 0 Å². The molecule has 1 aliphatic heterocycles. The van der Waals surface area contributed by atoms with Crippen molar-refractivity contribution >= 4 is 49.0 Å². The molecule has 106 valence electrons. The molecule has 19 heavy (non-hydrogen) atoms. The summed E-state index contributed by atoms with van der Waals surface area (Å²) >= 11 is 8.42. The number of nitrogens with zero attached hydrogens (tertiary/aromatic N) is 2. The van der Waals surface area contributed by atoms with E-state index in [-0.39, 0.29) is 5.78 Å². The van der Waals surface area contributed by atoms with Crippen LogP contribution >= 0.6 is 43.2 Å². The first kappa shape index (κ1) is 15.6. The fourth-order valence-corrected chi connectivity index (χ4v) is 5.32. The molecule has 0 radical (unpaired) electrons. The molecule has 1 saturated heterocycles. The minimum atomic E-state index is 0.192. The molecular formula is C13H18Br2N2OS. The van der Waals surface area contributed by atoms with E-state index in [0.29, 0.717) is 18.6 Å². The van der Waals surface area contributed by atoms with Gasteiger partial charge in [0.25, 0.3) is 0 Å². The van der Waals surface area contributed by atoms with E-state index < -0.39 is 0 Å². The lowest BCUT2D eigenvalue weighted by Gasteiger charge is -2.42. The molecule has 1 aliphatic rings.